The summed E-state index contributed by atoms with van der Waals surface area (Å²) in [6.45, 7) is 0.796. The van der Waals surface area contributed by atoms with Crippen LogP contribution in [0.3, 0.4) is 0 Å². The van der Waals surface area contributed by atoms with Crippen LogP contribution in [0.1, 0.15) is 41.7 Å². The van der Waals surface area contributed by atoms with Crippen molar-refractivity contribution in [2.24, 2.45) is 0 Å². The van der Waals surface area contributed by atoms with Crippen LogP contribution in [-0.2, 0) is 17.8 Å². The molecule has 1 atom stereocenters. The first-order chi connectivity index (χ1) is 12.1. The monoisotopic (exact) mass is 342 g/mol. The maximum absolute atomic E-state index is 12.5. The van der Waals surface area contributed by atoms with E-state index in [-0.39, 0.29) is 24.2 Å². The Bertz CT molecular complexity index is 729. The predicted molar refractivity (Wildman–Crippen MR) is 91.1 cm³/mol. The minimum atomic E-state index is -1.14. The molecule has 1 unspecified atom stereocenters. The number of carboxylic acids is 1. The number of carbonyl (C=O) groups excluding carboxylic acids is 1. The molecule has 0 bridgehead atoms. The minimum Gasteiger partial charge on any atom is -0.476 e. The van der Waals surface area contributed by atoms with Crippen LogP contribution in [0.5, 0.6) is 0 Å². The van der Waals surface area contributed by atoms with E-state index in [0.717, 1.165) is 38.6 Å². The largest absolute Gasteiger partial charge is 0.476 e. The highest BCUT2D eigenvalue weighted by atomic mass is 16.4. The second kappa shape index (κ2) is 7.92. The first-order valence-electron chi connectivity index (χ1n) is 8.60. The Kier molecular flexibility index (Phi) is 5.42. The van der Waals surface area contributed by atoms with E-state index in [0.29, 0.717) is 0 Å². The number of benzene rings is 1. The smallest absolute Gasteiger partial charge is 0.358 e. The number of likely N-dealkylation sites (tertiary alicyclic amines) is 1. The van der Waals surface area contributed by atoms with E-state index >= 15 is 0 Å². The van der Waals surface area contributed by atoms with E-state index in [9.17, 15) is 9.59 Å². The van der Waals surface area contributed by atoms with Crippen LogP contribution < -0.4 is 0 Å². The summed E-state index contributed by atoms with van der Waals surface area (Å²) in [4.78, 5) is 25.3. The van der Waals surface area contributed by atoms with Gasteiger partial charge in [0.15, 0.2) is 5.69 Å². The lowest BCUT2D eigenvalue weighted by molar-refractivity contribution is -0.133. The molecule has 0 aliphatic carbocycles. The van der Waals surface area contributed by atoms with Gasteiger partial charge < -0.3 is 10.0 Å². The topological polar surface area (TPSA) is 88.3 Å². The molecule has 1 amide bonds. The van der Waals surface area contributed by atoms with Crippen molar-refractivity contribution in [3.8, 4) is 0 Å². The number of aromatic nitrogens is 3. The maximum atomic E-state index is 12.5. The van der Waals surface area contributed by atoms with Crippen molar-refractivity contribution >= 4 is 11.9 Å². The third-order valence-electron chi connectivity index (χ3n) is 4.60. The van der Waals surface area contributed by atoms with Crippen molar-refractivity contribution in [1.29, 1.82) is 0 Å². The van der Waals surface area contributed by atoms with Crippen molar-refractivity contribution in [1.82, 2.24) is 19.9 Å². The summed E-state index contributed by atoms with van der Waals surface area (Å²) in [5.41, 5.74) is 1.18. The van der Waals surface area contributed by atoms with Gasteiger partial charge in [-0.15, -0.1) is 5.10 Å². The summed E-state index contributed by atoms with van der Waals surface area (Å²) in [7, 11) is 0. The summed E-state index contributed by atoms with van der Waals surface area (Å²) < 4.78 is 1.30. The van der Waals surface area contributed by atoms with Gasteiger partial charge in [0.05, 0.1) is 6.20 Å². The van der Waals surface area contributed by atoms with Gasteiger partial charge in [0, 0.05) is 12.6 Å². The van der Waals surface area contributed by atoms with E-state index in [1.54, 1.807) is 0 Å². The molecule has 1 aliphatic heterocycles. The van der Waals surface area contributed by atoms with Crippen molar-refractivity contribution in [3.05, 3.63) is 47.8 Å². The van der Waals surface area contributed by atoms with Crippen LogP contribution in [-0.4, -0.2) is 49.5 Å². The summed E-state index contributed by atoms with van der Waals surface area (Å²) in [5, 5.41) is 16.1. The van der Waals surface area contributed by atoms with Crippen LogP contribution in [0.4, 0.5) is 0 Å². The zero-order valence-corrected chi connectivity index (χ0v) is 14.0. The molecule has 0 saturated carbocycles. The van der Waals surface area contributed by atoms with Gasteiger partial charge in [0.25, 0.3) is 0 Å². The SMILES string of the molecule is O=C(O)c1cn(CC(=O)N2CCCC2CCCc2ccccc2)nn1. The fourth-order valence-corrected chi connectivity index (χ4v) is 3.35. The van der Waals surface area contributed by atoms with E-state index in [2.05, 4.69) is 22.4 Å². The zero-order valence-electron chi connectivity index (χ0n) is 14.0. The molecule has 7 heteroatoms. The normalized spacial score (nSPS) is 17.0. The molecule has 0 radical (unpaired) electrons. The van der Waals surface area contributed by atoms with Crippen LogP contribution >= 0.6 is 0 Å². The van der Waals surface area contributed by atoms with Crippen molar-refractivity contribution in [2.45, 2.75) is 44.7 Å². The van der Waals surface area contributed by atoms with Crippen molar-refractivity contribution in [2.75, 3.05) is 6.54 Å². The van der Waals surface area contributed by atoms with Gasteiger partial charge in [-0.3, -0.25) is 4.79 Å². The van der Waals surface area contributed by atoms with Gasteiger partial charge in [-0.25, -0.2) is 9.48 Å². The third-order valence-corrected chi connectivity index (χ3v) is 4.60. The number of aromatic carboxylic acids is 1. The van der Waals surface area contributed by atoms with Gasteiger partial charge in [0.1, 0.15) is 6.54 Å². The maximum Gasteiger partial charge on any atom is 0.358 e. The van der Waals surface area contributed by atoms with Crippen molar-refractivity contribution < 1.29 is 14.7 Å². The molecule has 1 saturated heterocycles. The number of hydrogen-bond acceptors (Lipinski definition) is 4. The van der Waals surface area contributed by atoms with Crippen LogP contribution in [0.15, 0.2) is 36.5 Å². The Morgan fingerprint density at radius 2 is 2.04 bits per heavy atom. The second-order valence-corrected chi connectivity index (χ2v) is 6.37. The summed E-state index contributed by atoms with van der Waals surface area (Å²) in [6.07, 6.45) is 6.38. The number of carbonyl (C=O) groups is 2. The summed E-state index contributed by atoms with van der Waals surface area (Å²) in [6, 6.07) is 10.6. The average Bonchev–Trinajstić information content (AvgIpc) is 3.25. The molecule has 7 nitrogen and oxygen atoms in total. The standard InChI is InChI=1S/C18H22N4O3/c23-17(13-21-12-16(18(24)25)19-20-21)22-11-5-10-15(22)9-4-8-14-6-2-1-3-7-14/h1-3,6-7,12,15H,4-5,8-11,13H2,(H,24,25). The molecule has 1 fully saturated rings. The van der Waals surface area contributed by atoms with Gasteiger partial charge in [-0.2, -0.15) is 0 Å². The highest BCUT2D eigenvalue weighted by Gasteiger charge is 2.28. The average molecular weight is 342 g/mol. The lowest BCUT2D eigenvalue weighted by atomic mass is 10.0. The number of rotatable bonds is 7. The molecule has 1 aromatic carbocycles. The predicted octanol–water partition coefficient (Wildman–Crippen LogP) is 1.99. The molecule has 3 rings (SSSR count). The Balaban J connectivity index is 1.51. The molecule has 1 aliphatic rings. The van der Waals surface area contributed by atoms with Crippen LogP contribution in [0.25, 0.3) is 0 Å². The Hall–Kier alpha value is -2.70. The van der Waals surface area contributed by atoms with Gasteiger partial charge in [-0.1, -0.05) is 35.5 Å². The van der Waals surface area contributed by atoms with Gasteiger partial charge >= 0.3 is 5.97 Å². The molecule has 132 valence electrons. The van der Waals surface area contributed by atoms with E-state index in [4.69, 9.17) is 5.11 Å². The van der Waals surface area contributed by atoms with Crippen molar-refractivity contribution in [3.63, 3.8) is 0 Å². The molecule has 1 N–H and O–H groups in total. The number of amides is 1. The number of aryl methyl sites for hydroxylation is 1. The number of hydrogen-bond donors (Lipinski definition) is 1. The zero-order chi connectivity index (χ0) is 17.6. The van der Waals surface area contributed by atoms with Gasteiger partial charge in [-0.05, 0) is 37.7 Å². The minimum absolute atomic E-state index is 0.0240. The number of nitrogens with zero attached hydrogens (tertiary/aromatic N) is 4. The summed E-state index contributed by atoms with van der Waals surface area (Å²) >= 11 is 0. The van der Waals surface area contributed by atoms with E-state index in [1.807, 2.05) is 23.1 Å². The molecule has 25 heavy (non-hydrogen) atoms. The summed E-state index contributed by atoms with van der Waals surface area (Å²) in [5.74, 6) is -1.16. The van der Waals surface area contributed by atoms with Crippen LogP contribution in [0.2, 0.25) is 0 Å². The van der Waals surface area contributed by atoms with E-state index in [1.165, 1.54) is 16.4 Å². The Labute approximate surface area is 146 Å². The third kappa shape index (κ3) is 4.43. The van der Waals surface area contributed by atoms with E-state index < -0.39 is 5.97 Å². The number of carboxylic acid groups (broad SMARTS) is 1. The molecular formula is C18H22N4O3. The molecule has 1 aromatic heterocycles. The highest BCUT2D eigenvalue weighted by molar-refractivity contribution is 5.84. The lowest BCUT2D eigenvalue weighted by Gasteiger charge is -2.24. The fraction of sp³-hybridized carbons (Fsp3) is 0.444. The fourth-order valence-electron chi connectivity index (χ4n) is 3.35. The first-order valence-corrected chi connectivity index (χ1v) is 8.60. The first kappa shape index (κ1) is 17.1. The molecule has 2 aromatic rings. The van der Waals surface area contributed by atoms with Gasteiger partial charge in [0.2, 0.25) is 5.91 Å². The molecule has 2 heterocycles. The molecular weight excluding hydrogens is 320 g/mol. The second-order valence-electron chi connectivity index (χ2n) is 6.37. The lowest BCUT2D eigenvalue weighted by Crippen LogP contribution is -2.37. The van der Waals surface area contributed by atoms with Crippen LogP contribution in [0, 0.1) is 0 Å². The highest BCUT2D eigenvalue weighted by Crippen LogP contribution is 2.22. The Morgan fingerprint density at radius 1 is 1.24 bits per heavy atom. The quantitative estimate of drug-likeness (QED) is 0.831. The molecule has 0 spiro atoms. The Morgan fingerprint density at radius 3 is 2.76 bits per heavy atom.